The highest BCUT2D eigenvalue weighted by atomic mass is 35.5. The third-order valence-corrected chi connectivity index (χ3v) is 4.51. The van der Waals surface area contributed by atoms with Gasteiger partial charge in [0.15, 0.2) is 23.2 Å². The first kappa shape index (κ1) is 20.3. The van der Waals surface area contributed by atoms with Gasteiger partial charge in [0.05, 0.1) is 12.8 Å². The fourth-order valence-electron chi connectivity index (χ4n) is 2.65. The van der Waals surface area contributed by atoms with Crippen molar-refractivity contribution in [3.63, 3.8) is 0 Å². The van der Waals surface area contributed by atoms with Crippen LogP contribution in [0.15, 0.2) is 48.0 Å². The molecule has 2 aromatic rings. The molecule has 0 atom stereocenters. The van der Waals surface area contributed by atoms with Crippen LogP contribution in [0.2, 0.25) is 5.02 Å². The highest BCUT2D eigenvalue weighted by Gasteiger charge is 2.34. The molecule has 29 heavy (non-hydrogen) atoms. The maximum atomic E-state index is 13.0. The van der Waals surface area contributed by atoms with Gasteiger partial charge in [-0.15, -0.1) is 0 Å². The molecule has 1 fully saturated rings. The largest absolute Gasteiger partial charge is 0.493 e. The fourth-order valence-corrected chi connectivity index (χ4v) is 3.06. The lowest BCUT2D eigenvalue weighted by molar-refractivity contribution is -0.122. The number of carbonyl (C=O) groups is 2. The first-order valence-corrected chi connectivity index (χ1v) is 9.08. The van der Waals surface area contributed by atoms with E-state index in [4.69, 9.17) is 38.6 Å². The van der Waals surface area contributed by atoms with Gasteiger partial charge in [0.25, 0.3) is 11.8 Å². The van der Waals surface area contributed by atoms with Crippen molar-refractivity contribution in [1.82, 2.24) is 5.32 Å². The molecule has 0 bridgehead atoms. The maximum Gasteiger partial charge on any atom is 0.270 e. The van der Waals surface area contributed by atoms with E-state index in [9.17, 15) is 9.59 Å². The number of nitrogens with one attached hydrogen (secondary N) is 1. The number of rotatable bonds is 5. The van der Waals surface area contributed by atoms with Gasteiger partial charge in [-0.1, -0.05) is 17.7 Å². The predicted octanol–water partition coefficient (Wildman–Crippen LogP) is 3.08. The van der Waals surface area contributed by atoms with Gasteiger partial charge in [-0.05, 0) is 60.3 Å². The van der Waals surface area contributed by atoms with Crippen molar-refractivity contribution in [2.45, 2.75) is 0 Å². The van der Waals surface area contributed by atoms with Gasteiger partial charge < -0.3 is 9.47 Å². The van der Waals surface area contributed by atoms with E-state index in [0.717, 1.165) is 0 Å². The number of halogens is 1. The zero-order chi connectivity index (χ0) is 21.0. The number of anilines is 1. The third kappa shape index (κ3) is 4.37. The average molecular weight is 428 g/mol. The van der Waals surface area contributed by atoms with Crippen LogP contribution in [-0.2, 0) is 9.59 Å². The van der Waals surface area contributed by atoms with Gasteiger partial charge in [0.1, 0.15) is 11.6 Å². The summed E-state index contributed by atoms with van der Waals surface area (Å²) in [7, 11) is 1.45. The molecular formula is C20H14ClN3O4S. The standard InChI is InChI=1S/C20H14ClN3O4S/c1-27-17-11-12(2-7-16(17)28-9-8-22)10-15-18(25)23-20(29)24(19(15)26)14-5-3-13(21)4-6-14/h2-7,10-11H,9H2,1H3,(H,23,25,29)/b15-10+. The lowest BCUT2D eigenvalue weighted by Gasteiger charge is -2.29. The van der Waals surface area contributed by atoms with Crippen molar-refractivity contribution < 1.29 is 19.1 Å². The number of nitriles is 1. The maximum absolute atomic E-state index is 13.0. The third-order valence-electron chi connectivity index (χ3n) is 3.98. The molecule has 1 heterocycles. The summed E-state index contributed by atoms with van der Waals surface area (Å²) in [6, 6.07) is 13.2. The van der Waals surface area contributed by atoms with Crippen molar-refractivity contribution in [2.75, 3.05) is 18.6 Å². The number of hydrogen-bond acceptors (Lipinski definition) is 6. The zero-order valence-corrected chi connectivity index (χ0v) is 16.7. The first-order valence-electron chi connectivity index (χ1n) is 8.29. The first-order chi connectivity index (χ1) is 13.9. The second-order valence-electron chi connectivity index (χ2n) is 5.79. The Bertz CT molecular complexity index is 1060. The number of carbonyl (C=O) groups excluding carboxylic acids is 2. The molecule has 2 aromatic carbocycles. The van der Waals surface area contributed by atoms with Crippen LogP contribution in [0, 0.1) is 11.3 Å². The van der Waals surface area contributed by atoms with Crippen LogP contribution in [0.3, 0.4) is 0 Å². The van der Waals surface area contributed by atoms with Crippen molar-refractivity contribution in [3.8, 4) is 17.6 Å². The molecule has 2 amide bonds. The topological polar surface area (TPSA) is 91.7 Å². The molecule has 0 spiro atoms. The van der Waals surface area contributed by atoms with E-state index in [1.165, 1.54) is 18.1 Å². The van der Waals surface area contributed by atoms with Crippen molar-refractivity contribution in [3.05, 3.63) is 58.6 Å². The number of benzene rings is 2. The summed E-state index contributed by atoms with van der Waals surface area (Å²) in [4.78, 5) is 26.6. The molecule has 1 aliphatic rings. The molecule has 0 saturated carbocycles. The van der Waals surface area contributed by atoms with E-state index in [-0.39, 0.29) is 17.3 Å². The average Bonchev–Trinajstić information content (AvgIpc) is 2.71. The summed E-state index contributed by atoms with van der Waals surface area (Å²) in [5, 5.41) is 11.7. The summed E-state index contributed by atoms with van der Waals surface area (Å²) in [6.07, 6.45) is 1.43. The summed E-state index contributed by atoms with van der Waals surface area (Å²) in [5.74, 6) is -0.429. The number of hydrogen-bond donors (Lipinski definition) is 1. The Morgan fingerprint density at radius 2 is 1.93 bits per heavy atom. The minimum atomic E-state index is -0.603. The molecule has 0 aromatic heterocycles. The lowest BCUT2D eigenvalue weighted by Crippen LogP contribution is -2.54. The zero-order valence-electron chi connectivity index (χ0n) is 15.1. The summed E-state index contributed by atoms with van der Waals surface area (Å²) >= 11 is 11.1. The van der Waals surface area contributed by atoms with Crippen LogP contribution in [0.1, 0.15) is 5.56 Å². The number of nitrogens with zero attached hydrogens (tertiary/aromatic N) is 2. The van der Waals surface area contributed by atoms with Crippen LogP contribution >= 0.6 is 23.8 Å². The van der Waals surface area contributed by atoms with Crippen LogP contribution in [0.25, 0.3) is 6.08 Å². The van der Waals surface area contributed by atoms with Gasteiger partial charge in [0.2, 0.25) is 0 Å². The van der Waals surface area contributed by atoms with Crippen LogP contribution in [0.5, 0.6) is 11.5 Å². The minimum Gasteiger partial charge on any atom is -0.493 e. The number of thiocarbonyl (C=S) groups is 1. The number of methoxy groups -OCH3 is 1. The number of ether oxygens (including phenoxy) is 2. The monoisotopic (exact) mass is 427 g/mol. The van der Waals surface area contributed by atoms with Crippen molar-refractivity contribution in [1.29, 1.82) is 5.26 Å². The summed E-state index contributed by atoms with van der Waals surface area (Å²) in [6.45, 7) is -0.134. The Hall–Kier alpha value is -3.41. The Labute approximate surface area is 177 Å². The molecule has 0 unspecified atom stereocenters. The second kappa shape index (κ2) is 8.73. The Morgan fingerprint density at radius 1 is 1.21 bits per heavy atom. The molecule has 9 heteroatoms. The molecule has 3 rings (SSSR count). The van der Waals surface area contributed by atoms with E-state index in [1.54, 1.807) is 42.5 Å². The molecular weight excluding hydrogens is 414 g/mol. The normalized spacial score (nSPS) is 15.1. The van der Waals surface area contributed by atoms with E-state index in [0.29, 0.717) is 27.8 Å². The smallest absolute Gasteiger partial charge is 0.270 e. The quantitative estimate of drug-likeness (QED) is 0.448. The van der Waals surface area contributed by atoms with Gasteiger partial charge in [-0.25, -0.2) is 0 Å². The minimum absolute atomic E-state index is 0.0164. The van der Waals surface area contributed by atoms with E-state index in [2.05, 4.69) is 5.32 Å². The van der Waals surface area contributed by atoms with Gasteiger partial charge in [0, 0.05) is 5.02 Å². The van der Waals surface area contributed by atoms with Crippen molar-refractivity contribution >= 4 is 52.5 Å². The highest BCUT2D eigenvalue weighted by molar-refractivity contribution is 7.80. The van der Waals surface area contributed by atoms with Crippen LogP contribution in [-0.4, -0.2) is 30.6 Å². The van der Waals surface area contributed by atoms with Gasteiger partial charge >= 0.3 is 0 Å². The Morgan fingerprint density at radius 3 is 2.59 bits per heavy atom. The predicted molar refractivity (Wildman–Crippen MR) is 112 cm³/mol. The van der Waals surface area contributed by atoms with E-state index >= 15 is 0 Å². The fraction of sp³-hybridized carbons (Fsp3) is 0.100. The van der Waals surface area contributed by atoms with Gasteiger partial charge in [-0.2, -0.15) is 5.26 Å². The second-order valence-corrected chi connectivity index (χ2v) is 6.61. The number of amides is 2. The summed E-state index contributed by atoms with van der Waals surface area (Å²) < 4.78 is 10.5. The lowest BCUT2D eigenvalue weighted by atomic mass is 10.1. The molecule has 1 aliphatic heterocycles. The van der Waals surface area contributed by atoms with Crippen LogP contribution in [0.4, 0.5) is 5.69 Å². The molecule has 1 N–H and O–H groups in total. The molecule has 0 radical (unpaired) electrons. The van der Waals surface area contributed by atoms with Crippen LogP contribution < -0.4 is 19.7 Å². The molecule has 7 nitrogen and oxygen atoms in total. The Balaban J connectivity index is 1.96. The van der Waals surface area contributed by atoms with Crippen molar-refractivity contribution in [2.24, 2.45) is 0 Å². The van der Waals surface area contributed by atoms with Gasteiger partial charge in [-0.3, -0.25) is 19.8 Å². The summed E-state index contributed by atoms with van der Waals surface area (Å²) in [5.41, 5.74) is 0.919. The SMILES string of the molecule is COc1cc(/C=C2\C(=O)NC(=S)N(c3ccc(Cl)cc3)C2=O)ccc1OCC#N. The molecule has 0 aliphatic carbocycles. The van der Waals surface area contributed by atoms with E-state index < -0.39 is 11.8 Å². The van der Waals surface area contributed by atoms with E-state index in [1.807, 2.05) is 6.07 Å². The molecule has 146 valence electrons. The molecule has 1 saturated heterocycles. The highest BCUT2D eigenvalue weighted by Crippen LogP contribution is 2.30. The Kier molecular flexibility index (Phi) is 6.12.